The van der Waals surface area contributed by atoms with Crippen molar-refractivity contribution in [1.82, 2.24) is 0 Å². The Kier molecular flexibility index (Phi) is 6.81. The Balaban J connectivity index is 2.06. The number of carbonyl (C=O) groups excluding carboxylic acids is 1. The molecule has 0 saturated carbocycles. The molecule has 2 rings (SSSR count). The van der Waals surface area contributed by atoms with Crippen molar-refractivity contribution < 1.29 is 19.4 Å². The van der Waals surface area contributed by atoms with Gasteiger partial charge in [0.1, 0.15) is 5.75 Å². The van der Waals surface area contributed by atoms with Crippen molar-refractivity contribution >= 4 is 28.9 Å². The van der Waals surface area contributed by atoms with Gasteiger partial charge in [-0.3, -0.25) is 9.59 Å². The minimum atomic E-state index is -0.826. The Bertz CT molecular complexity index is 652. The first kappa shape index (κ1) is 18.0. The standard InChI is InChI=1S/C18H21NO4S/c1-23-15-10-8-14(9-11-15)19(13-16-5-4-12-24-16)17(20)6-2-3-7-18(21)22/h4-5,8-12H,2-3,6-7,13H2,1H3,(H,21,22). The van der Waals surface area contributed by atoms with Crippen LogP contribution < -0.4 is 9.64 Å². The Morgan fingerprint density at radius 1 is 1.12 bits per heavy atom. The minimum Gasteiger partial charge on any atom is -0.497 e. The molecule has 1 aromatic carbocycles. The Hall–Kier alpha value is -2.34. The molecule has 0 aliphatic carbocycles. The van der Waals surface area contributed by atoms with Crippen LogP contribution in [0.25, 0.3) is 0 Å². The predicted molar refractivity (Wildman–Crippen MR) is 94.6 cm³/mol. The van der Waals surface area contributed by atoms with Gasteiger partial charge in [0.15, 0.2) is 0 Å². The van der Waals surface area contributed by atoms with Crippen molar-refractivity contribution in [2.45, 2.75) is 32.2 Å². The van der Waals surface area contributed by atoms with E-state index in [9.17, 15) is 9.59 Å². The summed E-state index contributed by atoms with van der Waals surface area (Å²) in [5.74, 6) is -0.0873. The first-order valence-corrected chi connectivity index (χ1v) is 8.66. The van der Waals surface area contributed by atoms with Gasteiger partial charge < -0.3 is 14.7 Å². The van der Waals surface area contributed by atoms with Crippen LogP contribution >= 0.6 is 11.3 Å². The molecule has 0 aliphatic heterocycles. The summed E-state index contributed by atoms with van der Waals surface area (Å²) in [5.41, 5.74) is 0.812. The van der Waals surface area contributed by atoms with Gasteiger partial charge in [-0.25, -0.2) is 0 Å². The van der Waals surface area contributed by atoms with E-state index in [0.717, 1.165) is 16.3 Å². The van der Waals surface area contributed by atoms with Gasteiger partial charge in [0.2, 0.25) is 5.91 Å². The molecule has 1 amide bonds. The van der Waals surface area contributed by atoms with Crippen LogP contribution in [0.1, 0.15) is 30.6 Å². The van der Waals surface area contributed by atoms with Crippen LogP contribution in [0.2, 0.25) is 0 Å². The Morgan fingerprint density at radius 3 is 2.42 bits per heavy atom. The van der Waals surface area contributed by atoms with E-state index in [-0.39, 0.29) is 12.3 Å². The van der Waals surface area contributed by atoms with Crippen LogP contribution in [0, 0.1) is 0 Å². The predicted octanol–water partition coefficient (Wildman–Crippen LogP) is 3.93. The third-order valence-corrected chi connectivity index (χ3v) is 4.47. The van der Waals surface area contributed by atoms with Crippen LogP contribution in [0.15, 0.2) is 41.8 Å². The zero-order chi connectivity index (χ0) is 17.4. The molecular weight excluding hydrogens is 326 g/mol. The van der Waals surface area contributed by atoms with Gasteiger partial charge in [-0.15, -0.1) is 11.3 Å². The van der Waals surface area contributed by atoms with E-state index in [1.165, 1.54) is 0 Å². The number of unbranched alkanes of at least 4 members (excludes halogenated alkanes) is 1. The molecule has 0 fully saturated rings. The van der Waals surface area contributed by atoms with Gasteiger partial charge >= 0.3 is 5.97 Å². The Morgan fingerprint density at radius 2 is 1.83 bits per heavy atom. The second-order valence-corrected chi connectivity index (χ2v) is 6.39. The fourth-order valence-electron chi connectivity index (χ4n) is 2.33. The van der Waals surface area contributed by atoms with Gasteiger partial charge in [0.05, 0.1) is 13.7 Å². The number of hydrogen-bond acceptors (Lipinski definition) is 4. The average Bonchev–Trinajstić information content (AvgIpc) is 3.09. The lowest BCUT2D eigenvalue weighted by molar-refractivity contribution is -0.137. The second kappa shape index (κ2) is 9.08. The molecule has 6 heteroatoms. The van der Waals surface area contributed by atoms with Gasteiger partial charge in [-0.05, 0) is 48.6 Å². The van der Waals surface area contributed by atoms with E-state index in [0.29, 0.717) is 25.8 Å². The first-order chi connectivity index (χ1) is 11.6. The SMILES string of the molecule is COc1ccc(N(Cc2cccs2)C(=O)CCCCC(=O)O)cc1. The molecule has 0 unspecified atom stereocenters. The van der Waals surface area contributed by atoms with Crippen molar-refractivity contribution in [2.75, 3.05) is 12.0 Å². The normalized spacial score (nSPS) is 10.4. The topological polar surface area (TPSA) is 66.8 Å². The molecule has 0 radical (unpaired) electrons. The Labute approximate surface area is 145 Å². The lowest BCUT2D eigenvalue weighted by Gasteiger charge is -2.22. The van der Waals surface area contributed by atoms with Crippen LogP contribution in [0.4, 0.5) is 5.69 Å². The summed E-state index contributed by atoms with van der Waals surface area (Å²) in [6.07, 6.45) is 1.52. The summed E-state index contributed by atoms with van der Waals surface area (Å²) < 4.78 is 5.16. The average molecular weight is 347 g/mol. The molecule has 1 heterocycles. The number of thiophene rings is 1. The highest BCUT2D eigenvalue weighted by Gasteiger charge is 2.16. The number of anilines is 1. The number of carbonyl (C=O) groups is 2. The van der Waals surface area contributed by atoms with Crippen LogP contribution in [-0.4, -0.2) is 24.1 Å². The van der Waals surface area contributed by atoms with E-state index in [2.05, 4.69) is 0 Å². The lowest BCUT2D eigenvalue weighted by Crippen LogP contribution is -2.29. The summed E-state index contributed by atoms with van der Waals surface area (Å²) >= 11 is 1.61. The van der Waals surface area contributed by atoms with E-state index in [4.69, 9.17) is 9.84 Å². The van der Waals surface area contributed by atoms with Gasteiger partial charge in [0, 0.05) is 23.4 Å². The lowest BCUT2D eigenvalue weighted by atomic mass is 10.1. The molecule has 0 aliphatic rings. The van der Waals surface area contributed by atoms with Crippen molar-refractivity contribution in [1.29, 1.82) is 0 Å². The van der Waals surface area contributed by atoms with E-state index < -0.39 is 5.97 Å². The first-order valence-electron chi connectivity index (χ1n) is 7.78. The molecule has 1 aromatic heterocycles. The maximum atomic E-state index is 12.6. The second-order valence-electron chi connectivity index (χ2n) is 5.36. The zero-order valence-corrected chi connectivity index (χ0v) is 14.4. The van der Waals surface area contributed by atoms with E-state index >= 15 is 0 Å². The number of hydrogen-bond donors (Lipinski definition) is 1. The molecule has 0 bridgehead atoms. The molecule has 24 heavy (non-hydrogen) atoms. The number of carboxylic acids is 1. The summed E-state index contributed by atoms with van der Waals surface area (Å²) in [6, 6.07) is 11.3. The van der Waals surface area contributed by atoms with Crippen molar-refractivity contribution in [3.05, 3.63) is 46.7 Å². The summed E-state index contributed by atoms with van der Waals surface area (Å²) in [5, 5.41) is 10.7. The number of methoxy groups -OCH3 is 1. The number of carboxylic acid groups (broad SMARTS) is 1. The van der Waals surface area contributed by atoms with E-state index in [1.807, 2.05) is 41.8 Å². The number of ether oxygens (including phenoxy) is 1. The van der Waals surface area contributed by atoms with Crippen molar-refractivity contribution in [3.63, 3.8) is 0 Å². The zero-order valence-electron chi connectivity index (χ0n) is 13.6. The molecule has 0 atom stereocenters. The molecule has 2 aromatic rings. The third-order valence-electron chi connectivity index (χ3n) is 3.61. The molecule has 128 valence electrons. The van der Waals surface area contributed by atoms with Crippen LogP contribution in [0.5, 0.6) is 5.75 Å². The van der Waals surface area contributed by atoms with Crippen molar-refractivity contribution in [2.24, 2.45) is 0 Å². The maximum Gasteiger partial charge on any atom is 0.303 e. The van der Waals surface area contributed by atoms with E-state index in [1.54, 1.807) is 23.3 Å². The minimum absolute atomic E-state index is 0.000967. The summed E-state index contributed by atoms with van der Waals surface area (Å²) in [6.45, 7) is 0.516. The smallest absolute Gasteiger partial charge is 0.303 e. The highest BCUT2D eigenvalue weighted by Crippen LogP contribution is 2.24. The monoisotopic (exact) mass is 347 g/mol. The number of aliphatic carboxylic acids is 1. The fraction of sp³-hybridized carbons (Fsp3) is 0.333. The number of benzene rings is 1. The molecule has 0 saturated heterocycles. The number of nitrogens with zero attached hydrogens (tertiary/aromatic N) is 1. The number of amides is 1. The van der Waals surface area contributed by atoms with Crippen molar-refractivity contribution in [3.8, 4) is 5.75 Å². The molecule has 5 nitrogen and oxygen atoms in total. The molecule has 1 N–H and O–H groups in total. The summed E-state index contributed by atoms with van der Waals surface area (Å²) in [7, 11) is 1.60. The highest BCUT2D eigenvalue weighted by molar-refractivity contribution is 7.09. The fourth-order valence-corrected chi connectivity index (χ4v) is 3.02. The van der Waals surface area contributed by atoms with Gasteiger partial charge in [-0.1, -0.05) is 6.07 Å². The quantitative estimate of drug-likeness (QED) is 0.698. The molecule has 0 spiro atoms. The third kappa shape index (κ3) is 5.38. The highest BCUT2D eigenvalue weighted by atomic mass is 32.1. The molecular formula is C18H21NO4S. The summed E-state index contributed by atoms with van der Waals surface area (Å²) in [4.78, 5) is 26.0. The maximum absolute atomic E-state index is 12.6. The van der Waals surface area contributed by atoms with Crippen LogP contribution in [-0.2, 0) is 16.1 Å². The van der Waals surface area contributed by atoms with Gasteiger partial charge in [-0.2, -0.15) is 0 Å². The number of rotatable bonds is 9. The van der Waals surface area contributed by atoms with Crippen LogP contribution in [0.3, 0.4) is 0 Å². The largest absolute Gasteiger partial charge is 0.497 e. The van der Waals surface area contributed by atoms with Gasteiger partial charge in [0.25, 0.3) is 0 Å².